The molecule has 4 aromatic rings. The van der Waals surface area contributed by atoms with Crippen LogP contribution in [-0.2, 0) is 0 Å². The van der Waals surface area contributed by atoms with Gasteiger partial charge in [0.25, 0.3) is 0 Å². The molecule has 0 aliphatic rings. The van der Waals surface area contributed by atoms with E-state index in [9.17, 15) is 0 Å². The molecule has 0 aliphatic carbocycles. The minimum Gasteiger partial charge on any atom is -0.436 e. The highest BCUT2D eigenvalue weighted by Crippen LogP contribution is 2.32. The Labute approximate surface area is 133 Å². The van der Waals surface area contributed by atoms with Gasteiger partial charge in [-0.05, 0) is 36.4 Å². The minimum atomic E-state index is 0.550. The Morgan fingerprint density at radius 2 is 1.43 bits per heavy atom. The summed E-state index contributed by atoms with van der Waals surface area (Å²) in [6, 6.07) is 25.0. The summed E-state index contributed by atoms with van der Waals surface area (Å²) in [4.78, 5) is 4.53. The summed E-state index contributed by atoms with van der Waals surface area (Å²) < 4.78 is 5.83. The smallest absolute Gasteiger partial charge is 0.229 e. The summed E-state index contributed by atoms with van der Waals surface area (Å²) in [6.07, 6.45) is 0. The maximum atomic E-state index is 5.83. The molecule has 0 unspecified atom stereocenters. The van der Waals surface area contributed by atoms with Crippen LogP contribution in [0.15, 0.2) is 93.5 Å². The summed E-state index contributed by atoms with van der Waals surface area (Å²) in [5.74, 6) is 0.550. The van der Waals surface area contributed by atoms with Crippen LogP contribution >= 0.6 is 0 Å². The third-order valence-electron chi connectivity index (χ3n) is 3.46. The first-order chi connectivity index (χ1) is 11.4. The maximum absolute atomic E-state index is 5.83. The van der Waals surface area contributed by atoms with Crippen molar-refractivity contribution in [2.24, 2.45) is 10.2 Å². The Bertz CT molecular complexity index is 941. The number of oxazole rings is 1. The van der Waals surface area contributed by atoms with Crippen LogP contribution in [-0.4, -0.2) is 4.98 Å². The van der Waals surface area contributed by atoms with Gasteiger partial charge in [0.05, 0.1) is 16.9 Å². The number of rotatable bonds is 3. The standard InChI is InChI=1S/C19H13N3O/c1-2-8-14(9-3-1)21-22-16-11-5-4-10-15(16)19-20-17-12-6-7-13-18(17)23-19/h1-13H. The molecule has 23 heavy (non-hydrogen) atoms. The topological polar surface area (TPSA) is 50.8 Å². The number of fused-ring (bicyclic) bond motifs is 1. The van der Waals surface area contributed by atoms with Crippen molar-refractivity contribution in [3.63, 3.8) is 0 Å². The molecule has 1 heterocycles. The van der Waals surface area contributed by atoms with Crippen LogP contribution in [0.25, 0.3) is 22.6 Å². The zero-order chi connectivity index (χ0) is 15.5. The van der Waals surface area contributed by atoms with E-state index in [1.165, 1.54) is 0 Å². The number of para-hydroxylation sites is 2. The van der Waals surface area contributed by atoms with Gasteiger partial charge in [0, 0.05) is 0 Å². The molecule has 0 N–H and O–H groups in total. The van der Waals surface area contributed by atoms with Crippen molar-refractivity contribution in [2.45, 2.75) is 0 Å². The first kappa shape index (κ1) is 13.4. The molecule has 0 spiro atoms. The van der Waals surface area contributed by atoms with E-state index in [0.29, 0.717) is 5.89 Å². The lowest BCUT2D eigenvalue weighted by atomic mass is 10.2. The monoisotopic (exact) mass is 299 g/mol. The fourth-order valence-electron chi connectivity index (χ4n) is 2.34. The van der Waals surface area contributed by atoms with Gasteiger partial charge in [-0.1, -0.05) is 42.5 Å². The Morgan fingerprint density at radius 3 is 2.30 bits per heavy atom. The van der Waals surface area contributed by atoms with E-state index in [1.54, 1.807) is 0 Å². The van der Waals surface area contributed by atoms with Crippen molar-refractivity contribution in [1.82, 2.24) is 4.98 Å². The number of hydrogen-bond donors (Lipinski definition) is 0. The summed E-state index contributed by atoms with van der Waals surface area (Å²) in [5.41, 5.74) is 3.95. The van der Waals surface area contributed by atoms with Crippen LogP contribution in [0.3, 0.4) is 0 Å². The predicted octanol–water partition coefficient (Wildman–Crippen LogP) is 5.91. The van der Waals surface area contributed by atoms with Gasteiger partial charge in [-0.2, -0.15) is 5.11 Å². The fourth-order valence-corrected chi connectivity index (χ4v) is 2.34. The summed E-state index contributed by atoms with van der Waals surface area (Å²) in [7, 11) is 0. The van der Waals surface area contributed by atoms with E-state index in [4.69, 9.17) is 4.42 Å². The molecule has 0 amide bonds. The molecule has 0 saturated heterocycles. The second-order valence-electron chi connectivity index (χ2n) is 5.04. The molecule has 4 rings (SSSR count). The Hall–Kier alpha value is -3.27. The van der Waals surface area contributed by atoms with Gasteiger partial charge in [-0.3, -0.25) is 0 Å². The Kier molecular flexibility index (Phi) is 3.41. The first-order valence-corrected chi connectivity index (χ1v) is 7.32. The van der Waals surface area contributed by atoms with E-state index in [1.807, 2.05) is 78.9 Å². The van der Waals surface area contributed by atoms with Crippen LogP contribution in [0.5, 0.6) is 0 Å². The SMILES string of the molecule is c1ccc(N=Nc2ccccc2-c2nc3ccccc3o2)cc1. The van der Waals surface area contributed by atoms with Crippen LogP contribution in [0.1, 0.15) is 0 Å². The molecular formula is C19H13N3O. The molecule has 3 aromatic carbocycles. The van der Waals surface area contributed by atoms with Crippen LogP contribution in [0.4, 0.5) is 11.4 Å². The van der Waals surface area contributed by atoms with Crippen LogP contribution in [0.2, 0.25) is 0 Å². The van der Waals surface area contributed by atoms with E-state index in [-0.39, 0.29) is 0 Å². The summed E-state index contributed by atoms with van der Waals surface area (Å²) in [6.45, 7) is 0. The van der Waals surface area contributed by atoms with Gasteiger partial charge in [0.2, 0.25) is 5.89 Å². The lowest BCUT2D eigenvalue weighted by Gasteiger charge is -1.99. The first-order valence-electron chi connectivity index (χ1n) is 7.32. The summed E-state index contributed by atoms with van der Waals surface area (Å²) >= 11 is 0. The summed E-state index contributed by atoms with van der Waals surface area (Å²) in [5, 5.41) is 8.62. The van der Waals surface area contributed by atoms with E-state index in [2.05, 4.69) is 15.2 Å². The normalized spacial score (nSPS) is 11.3. The molecule has 0 radical (unpaired) electrons. The number of benzene rings is 3. The Morgan fingerprint density at radius 1 is 0.696 bits per heavy atom. The highest BCUT2D eigenvalue weighted by atomic mass is 16.3. The van der Waals surface area contributed by atoms with Gasteiger partial charge < -0.3 is 4.42 Å². The number of aromatic nitrogens is 1. The van der Waals surface area contributed by atoms with Gasteiger partial charge in [-0.25, -0.2) is 4.98 Å². The third-order valence-corrected chi connectivity index (χ3v) is 3.46. The second-order valence-corrected chi connectivity index (χ2v) is 5.04. The number of azo groups is 1. The van der Waals surface area contributed by atoms with E-state index < -0.39 is 0 Å². The molecule has 0 atom stereocenters. The van der Waals surface area contributed by atoms with Crippen molar-refractivity contribution in [1.29, 1.82) is 0 Å². The molecular weight excluding hydrogens is 286 g/mol. The van der Waals surface area contributed by atoms with Gasteiger partial charge in [0.1, 0.15) is 5.52 Å². The minimum absolute atomic E-state index is 0.550. The quantitative estimate of drug-likeness (QED) is 0.441. The van der Waals surface area contributed by atoms with Crippen molar-refractivity contribution in [3.05, 3.63) is 78.9 Å². The van der Waals surface area contributed by atoms with Crippen molar-refractivity contribution >= 4 is 22.5 Å². The van der Waals surface area contributed by atoms with Crippen molar-refractivity contribution in [2.75, 3.05) is 0 Å². The maximum Gasteiger partial charge on any atom is 0.229 e. The zero-order valence-electron chi connectivity index (χ0n) is 12.3. The molecule has 0 saturated carbocycles. The molecule has 110 valence electrons. The van der Waals surface area contributed by atoms with Crippen molar-refractivity contribution < 1.29 is 4.42 Å². The predicted molar refractivity (Wildman–Crippen MR) is 90.1 cm³/mol. The van der Waals surface area contributed by atoms with Gasteiger partial charge >= 0.3 is 0 Å². The number of nitrogens with zero attached hydrogens (tertiary/aromatic N) is 3. The van der Waals surface area contributed by atoms with Gasteiger partial charge in [0.15, 0.2) is 5.58 Å². The van der Waals surface area contributed by atoms with E-state index in [0.717, 1.165) is 28.0 Å². The molecule has 1 aromatic heterocycles. The molecule has 0 bridgehead atoms. The lowest BCUT2D eigenvalue weighted by molar-refractivity contribution is 0.620. The van der Waals surface area contributed by atoms with Crippen LogP contribution in [0, 0.1) is 0 Å². The van der Waals surface area contributed by atoms with Gasteiger partial charge in [-0.15, -0.1) is 5.11 Å². The fraction of sp³-hybridized carbons (Fsp3) is 0. The zero-order valence-corrected chi connectivity index (χ0v) is 12.3. The lowest BCUT2D eigenvalue weighted by Crippen LogP contribution is -1.78. The van der Waals surface area contributed by atoms with Crippen LogP contribution < -0.4 is 0 Å². The molecule has 0 fully saturated rings. The highest BCUT2D eigenvalue weighted by Gasteiger charge is 2.11. The third kappa shape index (κ3) is 2.74. The average molecular weight is 299 g/mol. The second kappa shape index (κ2) is 5.85. The average Bonchev–Trinajstić information content (AvgIpc) is 3.05. The highest BCUT2D eigenvalue weighted by molar-refractivity contribution is 5.79. The van der Waals surface area contributed by atoms with Crippen molar-refractivity contribution in [3.8, 4) is 11.5 Å². The Balaban J connectivity index is 1.76. The number of hydrogen-bond acceptors (Lipinski definition) is 4. The molecule has 0 aliphatic heterocycles. The van der Waals surface area contributed by atoms with E-state index >= 15 is 0 Å². The molecule has 4 nitrogen and oxygen atoms in total. The largest absolute Gasteiger partial charge is 0.436 e. The molecule has 4 heteroatoms.